The van der Waals surface area contributed by atoms with Gasteiger partial charge in [-0.05, 0) is 44.9 Å². The second-order valence-electron chi connectivity index (χ2n) is 4.14. The zero-order valence-electron chi connectivity index (χ0n) is 11.1. The first-order chi connectivity index (χ1) is 9.27. The fourth-order valence-corrected chi connectivity index (χ4v) is 3.24. The van der Waals surface area contributed by atoms with Crippen LogP contribution < -0.4 is 5.32 Å². The van der Waals surface area contributed by atoms with E-state index in [9.17, 15) is 0 Å². The molecular formula is C13H18BrN3OS. The maximum Gasteiger partial charge on any atom is 0.0767 e. The first kappa shape index (κ1) is 14.7. The monoisotopic (exact) mass is 343 g/mol. The highest BCUT2D eigenvalue weighted by Gasteiger charge is 2.21. The molecule has 1 atom stereocenters. The van der Waals surface area contributed by atoms with Crippen molar-refractivity contribution in [2.45, 2.75) is 19.5 Å². The Labute approximate surface area is 125 Å². The van der Waals surface area contributed by atoms with Crippen LogP contribution in [-0.2, 0) is 11.3 Å². The van der Waals surface area contributed by atoms with Crippen molar-refractivity contribution in [3.63, 3.8) is 0 Å². The van der Waals surface area contributed by atoms with E-state index >= 15 is 0 Å². The molecule has 104 valence electrons. The van der Waals surface area contributed by atoms with Crippen molar-refractivity contribution in [3.8, 4) is 0 Å². The Kier molecular flexibility index (Phi) is 5.57. The molecule has 0 aliphatic carbocycles. The summed E-state index contributed by atoms with van der Waals surface area (Å²) < 4.78 is 8.17. The number of rotatable bonds is 7. The molecule has 0 aliphatic heterocycles. The minimum absolute atomic E-state index is 0.157. The smallest absolute Gasteiger partial charge is 0.0767 e. The molecule has 0 aromatic carbocycles. The van der Waals surface area contributed by atoms with Gasteiger partial charge in [0.15, 0.2) is 0 Å². The highest BCUT2D eigenvalue weighted by atomic mass is 79.9. The van der Waals surface area contributed by atoms with Gasteiger partial charge in [-0.2, -0.15) is 16.4 Å². The maximum atomic E-state index is 5.15. The molecule has 0 spiro atoms. The number of ether oxygens (including phenoxy) is 1. The van der Waals surface area contributed by atoms with E-state index in [2.05, 4.69) is 50.1 Å². The molecule has 0 saturated carbocycles. The lowest BCUT2D eigenvalue weighted by Gasteiger charge is -2.19. The quantitative estimate of drug-likeness (QED) is 0.839. The van der Waals surface area contributed by atoms with Crippen molar-refractivity contribution in [3.05, 3.63) is 38.8 Å². The van der Waals surface area contributed by atoms with Crippen molar-refractivity contribution in [2.24, 2.45) is 0 Å². The van der Waals surface area contributed by atoms with Gasteiger partial charge in [-0.3, -0.25) is 4.68 Å². The van der Waals surface area contributed by atoms with E-state index in [0.717, 1.165) is 23.3 Å². The average Bonchev–Trinajstić information content (AvgIpc) is 3.04. The summed E-state index contributed by atoms with van der Waals surface area (Å²) in [5.41, 5.74) is 2.42. The summed E-state index contributed by atoms with van der Waals surface area (Å²) in [6.45, 7) is 4.43. The van der Waals surface area contributed by atoms with Crippen molar-refractivity contribution in [1.29, 1.82) is 0 Å². The van der Waals surface area contributed by atoms with Gasteiger partial charge in [0.1, 0.15) is 0 Å². The van der Waals surface area contributed by atoms with Gasteiger partial charge >= 0.3 is 0 Å². The van der Waals surface area contributed by atoms with Gasteiger partial charge in [0.2, 0.25) is 0 Å². The van der Waals surface area contributed by atoms with E-state index in [0.29, 0.717) is 6.61 Å². The van der Waals surface area contributed by atoms with E-state index in [-0.39, 0.29) is 6.04 Å². The van der Waals surface area contributed by atoms with Gasteiger partial charge < -0.3 is 10.1 Å². The van der Waals surface area contributed by atoms with Crippen LogP contribution >= 0.6 is 27.3 Å². The normalized spacial score (nSPS) is 12.8. The molecule has 19 heavy (non-hydrogen) atoms. The number of nitrogens with one attached hydrogen (secondary N) is 1. The van der Waals surface area contributed by atoms with Crippen molar-refractivity contribution in [2.75, 3.05) is 20.3 Å². The second-order valence-corrected chi connectivity index (χ2v) is 5.78. The van der Waals surface area contributed by atoms with Crippen LogP contribution in [0.15, 0.2) is 27.5 Å². The van der Waals surface area contributed by atoms with Gasteiger partial charge in [0, 0.05) is 7.11 Å². The van der Waals surface area contributed by atoms with E-state index in [1.807, 2.05) is 10.9 Å². The molecule has 2 aromatic heterocycles. The summed E-state index contributed by atoms with van der Waals surface area (Å²) in [7, 11) is 1.71. The first-order valence-corrected chi connectivity index (χ1v) is 7.97. The lowest BCUT2D eigenvalue weighted by Crippen LogP contribution is -2.25. The highest BCUT2D eigenvalue weighted by molar-refractivity contribution is 9.10. The molecule has 0 saturated heterocycles. The fourth-order valence-electron chi connectivity index (χ4n) is 2.03. The first-order valence-electron chi connectivity index (χ1n) is 6.23. The number of aromatic nitrogens is 2. The van der Waals surface area contributed by atoms with Crippen molar-refractivity contribution >= 4 is 27.3 Å². The molecular weight excluding hydrogens is 326 g/mol. The van der Waals surface area contributed by atoms with Crippen LogP contribution in [0.3, 0.4) is 0 Å². The van der Waals surface area contributed by atoms with Crippen LogP contribution in [0.2, 0.25) is 0 Å². The van der Waals surface area contributed by atoms with E-state index in [4.69, 9.17) is 4.74 Å². The van der Waals surface area contributed by atoms with Crippen LogP contribution in [-0.4, -0.2) is 30.0 Å². The summed E-state index contributed by atoms with van der Waals surface area (Å²) >= 11 is 5.32. The molecule has 0 radical (unpaired) electrons. The maximum absolute atomic E-state index is 5.15. The predicted octanol–water partition coefficient (Wildman–Crippen LogP) is 3.05. The summed E-state index contributed by atoms with van der Waals surface area (Å²) in [6, 6.07) is 2.31. The largest absolute Gasteiger partial charge is 0.383 e. The minimum atomic E-state index is 0.157. The predicted molar refractivity (Wildman–Crippen MR) is 81.6 cm³/mol. The molecule has 2 rings (SSSR count). The topological polar surface area (TPSA) is 39.1 Å². The zero-order valence-corrected chi connectivity index (χ0v) is 13.5. The number of methoxy groups -OCH3 is 1. The zero-order chi connectivity index (χ0) is 13.7. The Bertz CT molecular complexity index is 498. The molecule has 1 N–H and O–H groups in total. The van der Waals surface area contributed by atoms with Gasteiger partial charge in [0.25, 0.3) is 0 Å². The SMILES string of the molecule is CCNC(c1ccsc1)c1c(Br)cnn1CCOC. The Morgan fingerprint density at radius 1 is 1.58 bits per heavy atom. The summed E-state index contributed by atoms with van der Waals surface area (Å²) in [6.07, 6.45) is 1.85. The van der Waals surface area contributed by atoms with E-state index in [1.54, 1.807) is 18.4 Å². The Hall–Kier alpha value is -0.690. The summed E-state index contributed by atoms with van der Waals surface area (Å²) in [4.78, 5) is 0. The van der Waals surface area contributed by atoms with Crippen molar-refractivity contribution < 1.29 is 4.74 Å². The van der Waals surface area contributed by atoms with Crippen LogP contribution in [0, 0.1) is 0 Å². The summed E-state index contributed by atoms with van der Waals surface area (Å²) in [5, 5.41) is 12.2. The molecule has 2 heterocycles. The number of nitrogens with zero attached hydrogens (tertiary/aromatic N) is 2. The third-order valence-electron chi connectivity index (χ3n) is 2.90. The Balaban J connectivity index is 2.33. The Morgan fingerprint density at radius 3 is 3.05 bits per heavy atom. The molecule has 0 aliphatic rings. The third-order valence-corrected chi connectivity index (χ3v) is 4.21. The molecule has 0 bridgehead atoms. The van der Waals surface area contributed by atoms with Gasteiger partial charge in [-0.25, -0.2) is 0 Å². The third kappa shape index (κ3) is 3.45. The van der Waals surface area contributed by atoms with E-state index in [1.165, 1.54) is 5.56 Å². The van der Waals surface area contributed by atoms with E-state index < -0.39 is 0 Å². The lowest BCUT2D eigenvalue weighted by molar-refractivity contribution is 0.182. The molecule has 0 fully saturated rings. The summed E-state index contributed by atoms with van der Waals surface area (Å²) in [5.74, 6) is 0. The molecule has 0 amide bonds. The Morgan fingerprint density at radius 2 is 2.42 bits per heavy atom. The van der Waals surface area contributed by atoms with Crippen molar-refractivity contribution in [1.82, 2.24) is 15.1 Å². The van der Waals surface area contributed by atoms with Crippen LogP contribution in [0.1, 0.15) is 24.2 Å². The van der Waals surface area contributed by atoms with Crippen LogP contribution in [0.5, 0.6) is 0 Å². The van der Waals surface area contributed by atoms with Gasteiger partial charge in [0.05, 0.1) is 35.6 Å². The second kappa shape index (κ2) is 7.19. The molecule has 4 nitrogen and oxygen atoms in total. The van der Waals surface area contributed by atoms with Gasteiger partial charge in [-0.15, -0.1) is 0 Å². The standard InChI is InChI=1S/C13H18BrN3OS/c1-3-15-12(10-4-7-19-9-10)13-11(14)8-16-17(13)5-6-18-2/h4,7-9,12,15H,3,5-6H2,1-2H3. The molecule has 6 heteroatoms. The number of hydrogen-bond donors (Lipinski definition) is 1. The fraction of sp³-hybridized carbons (Fsp3) is 0.462. The average molecular weight is 344 g/mol. The molecule has 1 unspecified atom stereocenters. The highest BCUT2D eigenvalue weighted by Crippen LogP contribution is 2.29. The number of halogens is 1. The van der Waals surface area contributed by atoms with Crippen LogP contribution in [0.4, 0.5) is 0 Å². The number of thiophene rings is 1. The van der Waals surface area contributed by atoms with Gasteiger partial charge in [-0.1, -0.05) is 6.92 Å². The number of hydrogen-bond acceptors (Lipinski definition) is 4. The minimum Gasteiger partial charge on any atom is -0.383 e. The van der Waals surface area contributed by atoms with Crippen LogP contribution in [0.25, 0.3) is 0 Å². The lowest BCUT2D eigenvalue weighted by atomic mass is 10.1. The molecule has 2 aromatic rings.